The predicted octanol–water partition coefficient (Wildman–Crippen LogP) is 0.772. The number of carbonyl (C=O) groups is 1. The number of nitrogens with zero attached hydrogens (tertiary/aromatic N) is 3. The molecule has 1 atom stereocenters. The molecule has 1 aromatic heterocycles. The number of hydrogen-bond donors (Lipinski definition) is 2. The Bertz CT molecular complexity index is 436. The van der Waals surface area contributed by atoms with E-state index in [2.05, 4.69) is 27.8 Å². The fraction of sp³-hybridized carbons (Fsp3) is 0.769. The topological polar surface area (TPSA) is 71.8 Å². The van der Waals surface area contributed by atoms with E-state index < -0.39 is 0 Å². The van der Waals surface area contributed by atoms with Crippen LogP contribution in [0.5, 0.6) is 0 Å². The van der Waals surface area contributed by atoms with Crippen LogP contribution in [0.2, 0.25) is 0 Å². The van der Waals surface area contributed by atoms with Crippen LogP contribution in [0.3, 0.4) is 0 Å². The van der Waals surface area contributed by atoms with Crippen LogP contribution in [0.4, 0.5) is 0 Å². The minimum atomic E-state index is -0.224. The van der Waals surface area contributed by atoms with Crippen molar-refractivity contribution in [2.24, 2.45) is 12.5 Å². The monoisotopic (exact) mass is 265 g/mol. The predicted molar refractivity (Wildman–Crippen MR) is 72.4 cm³/mol. The van der Waals surface area contributed by atoms with E-state index in [0.29, 0.717) is 0 Å². The fourth-order valence-electron chi connectivity index (χ4n) is 2.74. The van der Waals surface area contributed by atoms with E-state index in [0.717, 1.165) is 38.2 Å². The van der Waals surface area contributed by atoms with E-state index in [1.165, 1.54) is 0 Å². The molecule has 2 heterocycles. The first-order valence-electron chi connectivity index (χ1n) is 6.94. The van der Waals surface area contributed by atoms with E-state index >= 15 is 0 Å². The molecule has 2 rings (SSSR count). The smallest absolute Gasteiger partial charge is 0.226 e. The Morgan fingerprint density at radius 1 is 1.58 bits per heavy atom. The molecule has 0 bridgehead atoms. The van der Waals surface area contributed by atoms with E-state index in [1.54, 1.807) is 6.33 Å². The normalized spacial score (nSPS) is 19.9. The number of aryl methyl sites for hydroxylation is 1. The van der Waals surface area contributed by atoms with Gasteiger partial charge in [-0.05, 0) is 39.3 Å². The molecule has 106 valence electrons. The van der Waals surface area contributed by atoms with Gasteiger partial charge in [-0.1, -0.05) is 6.92 Å². The van der Waals surface area contributed by atoms with Gasteiger partial charge in [-0.25, -0.2) is 0 Å². The lowest BCUT2D eigenvalue weighted by molar-refractivity contribution is -0.133. The van der Waals surface area contributed by atoms with Gasteiger partial charge in [0.2, 0.25) is 5.91 Å². The second kappa shape index (κ2) is 5.69. The molecule has 6 nitrogen and oxygen atoms in total. The highest BCUT2D eigenvalue weighted by atomic mass is 16.2. The van der Waals surface area contributed by atoms with Crippen molar-refractivity contribution in [1.82, 2.24) is 25.4 Å². The molecule has 0 spiro atoms. The molecule has 2 N–H and O–H groups in total. The summed E-state index contributed by atoms with van der Waals surface area (Å²) in [7, 11) is 1.89. The largest absolute Gasteiger partial charge is 0.346 e. The molecule has 19 heavy (non-hydrogen) atoms. The maximum atomic E-state index is 12.6. The molecule has 1 aromatic rings. The molecule has 1 unspecified atom stereocenters. The van der Waals surface area contributed by atoms with Crippen molar-refractivity contribution >= 4 is 5.91 Å². The molecule has 0 aromatic carbocycles. The first-order valence-corrected chi connectivity index (χ1v) is 6.94. The number of piperidine rings is 1. The summed E-state index contributed by atoms with van der Waals surface area (Å²) < 4.78 is 1.84. The highest BCUT2D eigenvalue weighted by Gasteiger charge is 2.38. The standard InChI is InChI=1S/C13H23N5O/c1-4-13(5-7-14-8-6-13)12(19)16-10(2)11-17-15-9-18(11)3/h9-10,14H,4-8H2,1-3H3,(H,16,19). The van der Waals surface area contributed by atoms with Crippen molar-refractivity contribution < 1.29 is 4.79 Å². The number of aromatic nitrogens is 3. The summed E-state index contributed by atoms with van der Waals surface area (Å²) in [6, 6.07) is -0.113. The van der Waals surface area contributed by atoms with Crippen molar-refractivity contribution in [2.45, 2.75) is 39.2 Å². The molecule has 1 aliphatic rings. The summed E-state index contributed by atoms with van der Waals surface area (Å²) in [4.78, 5) is 12.6. The minimum Gasteiger partial charge on any atom is -0.346 e. The van der Waals surface area contributed by atoms with Gasteiger partial charge in [0.1, 0.15) is 6.33 Å². The SMILES string of the molecule is CCC1(C(=O)NC(C)c2nncn2C)CCNCC1. The van der Waals surface area contributed by atoms with Crippen LogP contribution in [-0.2, 0) is 11.8 Å². The quantitative estimate of drug-likeness (QED) is 0.843. The lowest BCUT2D eigenvalue weighted by atomic mass is 9.75. The summed E-state index contributed by atoms with van der Waals surface area (Å²) >= 11 is 0. The van der Waals surface area contributed by atoms with Gasteiger partial charge in [0.05, 0.1) is 11.5 Å². The van der Waals surface area contributed by atoms with Gasteiger partial charge in [-0.15, -0.1) is 10.2 Å². The van der Waals surface area contributed by atoms with Crippen molar-refractivity contribution in [3.05, 3.63) is 12.2 Å². The zero-order chi connectivity index (χ0) is 13.9. The van der Waals surface area contributed by atoms with Crippen LogP contribution in [0.15, 0.2) is 6.33 Å². The number of amides is 1. The summed E-state index contributed by atoms with van der Waals surface area (Å²) in [6.07, 6.45) is 4.34. The Hall–Kier alpha value is -1.43. The third kappa shape index (κ3) is 2.78. The minimum absolute atomic E-state index is 0.113. The molecule has 1 fully saturated rings. The highest BCUT2D eigenvalue weighted by molar-refractivity contribution is 5.83. The van der Waals surface area contributed by atoms with Crippen molar-refractivity contribution in [1.29, 1.82) is 0 Å². The molecular weight excluding hydrogens is 242 g/mol. The second-order valence-corrected chi connectivity index (χ2v) is 5.38. The van der Waals surface area contributed by atoms with Gasteiger partial charge in [0.15, 0.2) is 5.82 Å². The van der Waals surface area contributed by atoms with Gasteiger partial charge in [0.25, 0.3) is 0 Å². The Balaban J connectivity index is 2.05. The number of rotatable bonds is 4. The molecule has 0 aliphatic carbocycles. The van der Waals surface area contributed by atoms with E-state index in [9.17, 15) is 4.79 Å². The average molecular weight is 265 g/mol. The van der Waals surface area contributed by atoms with E-state index in [-0.39, 0.29) is 17.4 Å². The summed E-state index contributed by atoms with van der Waals surface area (Å²) in [5.41, 5.74) is -0.224. The maximum Gasteiger partial charge on any atom is 0.226 e. The second-order valence-electron chi connectivity index (χ2n) is 5.38. The molecule has 0 saturated carbocycles. The third-order valence-electron chi connectivity index (χ3n) is 4.20. The Kier molecular flexibility index (Phi) is 4.19. The van der Waals surface area contributed by atoms with Gasteiger partial charge in [-0.3, -0.25) is 4.79 Å². The molecule has 1 saturated heterocycles. The number of nitrogens with one attached hydrogen (secondary N) is 2. The Morgan fingerprint density at radius 2 is 2.26 bits per heavy atom. The average Bonchev–Trinajstić information content (AvgIpc) is 2.85. The fourth-order valence-corrected chi connectivity index (χ4v) is 2.74. The maximum absolute atomic E-state index is 12.6. The van der Waals surface area contributed by atoms with Gasteiger partial charge < -0.3 is 15.2 Å². The Morgan fingerprint density at radius 3 is 2.79 bits per heavy atom. The van der Waals surface area contributed by atoms with E-state index in [4.69, 9.17) is 0 Å². The summed E-state index contributed by atoms with van der Waals surface area (Å²) in [5.74, 6) is 0.931. The van der Waals surface area contributed by atoms with Crippen LogP contribution in [0.1, 0.15) is 45.0 Å². The van der Waals surface area contributed by atoms with Crippen LogP contribution in [0, 0.1) is 5.41 Å². The third-order valence-corrected chi connectivity index (χ3v) is 4.20. The summed E-state index contributed by atoms with van der Waals surface area (Å²) in [5, 5.41) is 14.3. The summed E-state index contributed by atoms with van der Waals surface area (Å²) in [6.45, 7) is 5.88. The lowest BCUT2D eigenvalue weighted by Crippen LogP contribution is -2.48. The van der Waals surface area contributed by atoms with Crippen molar-refractivity contribution in [3.63, 3.8) is 0 Å². The molecule has 6 heteroatoms. The van der Waals surface area contributed by atoms with Crippen molar-refractivity contribution in [2.75, 3.05) is 13.1 Å². The highest BCUT2D eigenvalue weighted by Crippen LogP contribution is 2.33. The van der Waals surface area contributed by atoms with E-state index in [1.807, 2.05) is 18.5 Å². The van der Waals surface area contributed by atoms with Gasteiger partial charge >= 0.3 is 0 Å². The molecule has 1 amide bonds. The molecule has 1 aliphatic heterocycles. The zero-order valence-corrected chi connectivity index (χ0v) is 11.9. The van der Waals surface area contributed by atoms with Gasteiger partial charge in [0, 0.05) is 7.05 Å². The number of carbonyl (C=O) groups excluding carboxylic acids is 1. The van der Waals surface area contributed by atoms with Crippen molar-refractivity contribution in [3.8, 4) is 0 Å². The molecular formula is C13H23N5O. The zero-order valence-electron chi connectivity index (χ0n) is 11.9. The first-order chi connectivity index (χ1) is 9.09. The van der Waals surface area contributed by atoms with Crippen LogP contribution >= 0.6 is 0 Å². The van der Waals surface area contributed by atoms with Crippen LogP contribution in [0.25, 0.3) is 0 Å². The number of hydrogen-bond acceptors (Lipinski definition) is 4. The van der Waals surface area contributed by atoms with Crippen LogP contribution in [-0.4, -0.2) is 33.8 Å². The Labute approximate surface area is 114 Å². The first kappa shape index (κ1) is 14.0. The van der Waals surface area contributed by atoms with Crippen LogP contribution < -0.4 is 10.6 Å². The molecule has 0 radical (unpaired) electrons. The van der Waals surface area contributed by atoms with Gasteiger partial charge in [-0.2, -0.15) is 0 Å². The lowest BCUT2D eigenvalue weighted by Gasteiger charge is -2.36.